The number of aromatic nitrogens is 1. The number of nitrogens with zero attached hydrogens (tertiary/aromatic N) is 2. The van der Waals surface area contributed by atoms with Crippen molar-refractivity contribution in [3.8, 4) is 0 Å². The van der Waals surface area contributed by atoms with Crippen molar-refractivity contribution in [2.75, 3.05) is 37.6 Å². The number of carbonyl (C=O) groups is 5. The summed E-state index contributed by atoms with van der Waals surface area (Å²) in [5, 5.41) is 34.9. The summed E-state index contributed by atoms with van der Waals surface area (Å²) in [4.78, 5) is 59.9. The number of halogens is 2. The maximum absolute atomic E-state index is 14.3. The second-order valence-electron chi connectivity index (χ2n) is 12.2. The lowest BCUT2D eigenvalue weighted by molar-refractivity contribution is -0.926. The lowest BCUT2D eigenvalue weighted by Gasteiger charge is -2.33. The van der Waals surface area contributed by atoms with Gasteiger partial charge in [-0.15, -0.1) is 0 Å². The summed E-state index contributed by atoms with van der Waals surface area (Å²) >= 11 is 6.25. The molecular formula is C38H44ClFN4O10. The second kappa shape index (κ2) is 23.1. The number of carboxylic acid groups (broad SMARTS) is 4. The third-order valence-electron chi connectivity index (χ3n) is 7.76. The number of hydrogen-bond acceptors (Lipinski definition) is 10. The van der Waals surface area contributed by atoms with Crippen LogP contribution < -0.4 is 24.9 Å². The van der Waals surface area contributed by atoms with Crippen LogP contribution in [0.3, 0.4) is 0 Å². The third-order valence-corrected chi connectivity index (χ3v) is 8.12. The number of piperazine rings is 1. The van der Waals surface area contributed by atoms with Crippen LogP contribution in [0.1, 0.15) is 47.8 Å². The zero-order valence-corrected chi connectivity index (χ0v) is 30.9. The summed E-state index contributed by atoms with van der Waals surface area (Å²) in [7, 11) is 0. The first-order valence-electron chi connectivity index (χ1n) is 16.9. The Hall–Kier alpha value is -5.64. The van der Waals surface area contributed by atoms with Crippen LogP contribution in [0.25, 0.3) is 0 Å². The Morgan fingerprint density at radius 2 is 1.48 bits per heavy atom. The fraction of sp³-hybridized carbons (Fsp3) is 0.316. The van der Waals surface area contributed by atoms with E-state index in [4.69, 9.17) is 26.6 Å². The molecular weight excluding hydrogens is 727 g/mol. The predicted molar refractivity (Wildman–Crippen MR) is 192 cm³/mol. The number of carbonyl (C=O) groups excluding carboxylic acids is 3. The second-order valence-corrected chi connectivity index (χ2v) is 12.6. The molecule has 1 fully saturated rings. The van der Waals surface area contributed by atoms with E-state index < -0.39 is 23.9 Å². The number of pyridine rings is 1. The maximum atomic E-state index is 14.3. The van der Waals surface area contributed by atoms with Gasteiger partial charge in [-0.3, -0.25) is 0 Å². The molecule has 0 aliphatic carbocycles. The van der Waals surface area contributed by atoms with Gasteiger partial charge in [0, 0.05) is 29.5 Å². The van der Waals surface area contributed by atoms with E-state index in [1.165, 1.54) is 27.0 Å². The van der Waals surface area contributed by atoms with E-state index in [2.05, 4.69) is 41.1 Å². The Labute approximate surface area is 317 Å². The van der Waals surface area contributed by atoms with Gasteiger partial charge in [0.1, 0.15) is 36.8 Å². The highest BCUT2D eigenvalue weighted by Crippen LogP contribution is 2.19. The average molecular weight is 771 g/mol. The van der Waals surface area contributed by atoms with Crippen molar-refractivity contribution in [1.29, 1.82) is 0 Å². The van der Waals surface area contributed by atoms with Crippen molar-refractivity contribution >= 4 is 47.3 Å². The largest absolute Gasteiger partial charge is 0.545 e. The summed E-state index contributed by atoms with van der Waals surface area (Å²) in [5.41, 5.74) is 3.64. The number of esters is 1. The van der Waals surface area contributed by atoms with Gasteiger partial charge in [-0.05, 0) is 57.2 Å². The minimum Gasteiger partial charge on any atom is -0.545 e. The number of nitrogens with one attached hydrogen (secondary N) is 2. The van der Waals surface area contributed by atoms with Gasteiger partial charge in [0.15, 0.2) is 0 Å². The van der Waals surface area contributed by atoms with Crippen LogP contribution in [0, 0.1) is 5.82 Å². The van der Waals surface area contributed by atoms with Crippen LogP contribution >= 0.6 is 11.6 Å². The molecule has 1 aliphatic rings. The fourth-order valence-electron chi connectivity index (χ4n) is 5.19. The number of benzene rings is 2. The van der Waals surface area contributed by atoms with Gasteiger partial charge < -0.3 is 49.5 Å². The molecule has 0 radical (unpaired) electrons. The number of quaternary nitrogens is 2. The summed E-state index contributed by atoms with van der Waals surface area (Å²) in [6.07, 6.45) is 3.45. The van der Waals surface area contributed by atoms with E-state index in [1.54, 1.807) is 30.5 Å². The molecule has 4 N–H and O–H groups in total. The monoisotopic (exact) mass is 770 g/mol. The molecule has 4 rings (SSSR count). The molecule has 54 heavy (non-hydrogen) atoms. The fourth-order valence-corrected chi connectivity index (χ4v) is 5.42. The van der Waals surface area contributed by atoms with Crippen molar-refractivity contribution in [2.45, 2.75) is 46.5 Å². The number of carboxylic acids is 4. The SMILES string of the molecule is CC[NH+](Cc1ccc(C[NH+]2CCN(c3ncccc3C(=O)OC(C)C)CC2)cc1)Cc1c(F)cccc1Cl.O=C([O-])/C=C\C(=O)O.O=C([O-])/C=C\C(=O)O. The number of ether oxygens (including phenoxy) is 1. The predicted octanol–water partition coefficient (Wildman–Crippen LogP) is -0.296. The van der Waals surface area contributed by atoms with E-state index in [0.717, 1.165) is 45.8 Å². The van der Waals surface area contributed by atoms with E-state index in [0.29, 0.717) is 52.8 Å². The molecule has 290 valence electrons. The first-order valence-corrected chi connectivity index (χ1v) is 17.3. The lowest BCUT2D eigenvalue weighted by Crippen LogP contribution is -3.13. The van der Waals surface area contributed by atoms with Crippen LogP contribution in [-0.4, -0.2) is 83.9 Å². The maximum Gasteiger partial charge on any atom is 0.342 e. The molecule has 16 heteroatoms. The Balaban J connectivity index is 0.000000526. The van der Waals surface area contributed by atoms with Crippen molar-refractivity contribution in [3.05, 3.63) is 118 Å². The standard InChI is InChI=1S/C30H36ClFN4O2.2C4H4O4/c1-4-34(21-26-27(31)8-5-9-28(26)32)19-23-10-12-24(13-11-23)20-35-15-17-36(18-16-35)29-25(7-6-14-33-29)30(37)38-22(2)3;2*5-3(6)1-2-4(7)8/h5-14,22H,4,15-21H2,1-3H3;2*1-2H,(H,5,6)(H,7,8)/b;2*2-1-. The van der Waals surface area contributed by atoms with Crippen molar-refractivity contribution in [2.24, 2.45) is 0 Å². The van der Waals surface area contributed by atoms with E-state index in [1.807, 2.05) is 13.8 Å². The van der Waals surface area contributed by atoms with Gasteiger partial charge in [-0.1, -0.05) is 41.9 Å². The Kier molecular flexibility index (Phi) is 19.1. The van der Waals surface area contributed by atoms with Crippen molar-refractivity contribution < 1.29 is 63.3 Å². The Morgan fingerprint density at radius 3 is 1.96 bits per heavy atom. The molecule has 1 atom stereocenters. The molecule has 2 heterocycles. The number of hydrogen-bond donors (Lipinski definition) is 4. The van der Waals surface area contributed by atoms with E-state index in [9.17, 15) is 38.6 Å². The van der Waals surface area contributed by atoms with Gasteiger partial charge in [0.25, 0.3) is 0 Å². The lowest BCUT2D eigenvalue weighted by atomic mass is 10.1. The van der Waals surface area contributed by atoms with E-state index >= 15 is 0 Å². The molecule has 2 aromatic carbocycles. The minimum atomic E-state index is -1.51. The quantitative estimate of drug-likeness (QED) is 0.123. The molecule has 1 unspecified atom stereocenters. The van der Waals surface area contributed by atoms with E-state index in [-0.39, 0.29) is 17.9 Å². The van der Waals surface area contributed by atoms with Crippen LogP contribution in [0.5, 0.6) is 0 Å². The van der Waals surface area contributed by atoms with Crippen molar-refractivity contribution in [3.63, 3.8) is 0 Å². The summed E-state index contributed by atoms with van der Waals surface area (Å²) in [5.74, 6) is -5.46. The molecule has 0 bridgehead atoms. The summed E-state index contributed by atoms with van der Waals surface area (Å²) < 4.78 is 19.7. The average Bonchev–Trinajstić information content (AvgIpc) is 3.12. The topological polar surface area (TPSA) is 206 Å². The van der Waals surface area contributed by atoms with Gasteiger partial charge in [-0.2, -0.15) is 0 Å². The van der Waals surface area contributed by atoms with Crippen molar-refractivity contribution in [1.82, 2.24) is 4.98 Å². The Morgan fingerprint density at radius 1 is 0.907 bits per heavy atom. The molecule has 1 saturated heterocycles. The zero-order chi connectivity index (χ0) is 40.2. The number of aliphatic carboxylic acids is 4. The number of anilines is 1. The highest BCUT2D eigenvalue weighted by atomic mass is 35.5. The number of rotatable bonds is 14. The van der Waals surface area contributed by atoms with Crippen LogP contribution in [0.4, 0.5) is 10.2 Å². The molecule has 1 aromatic heterocycles. The molecule has 0 amide bonds. The highest BCUT2D eigenvalue weighted by molar-refractivity contribution is 6.31. The highest BCUT2D eigenvalue weighted by Gasteiger charge is 2.26. The first kappa shape index (κ1) is 44.5. The Bertz CT molecular complexity index is 1690. The third kappa shape index (κ3) is 16.8. The summed E-state index contributed by atoms with van der Waals surface area (Å²) in [6, 6.07) is 17.2. The van der Waals surface area contributed by atoms with Crippen LogP contribution in [0.15, 0.2) is 85.1 Å². The molecule has 1 aliphatic heterocycles. The van der Waals surface area contributed by atoms with Crippen LogP contribution in [0.2, 0.25) is 5.02 Å². The first-order chi connectivity index (χ1) is 25.6. The molecule has 0 saturated carbocycles. The molecule has 3 aromatic rings. The van der Waals surface area contributed by atoms with Gasteiger partial charge >= 0.3 is 17.9 Å². The smallest absolute Gasteiger partial charge is 0.342 e. The molecule has 0 spiro atoms. The summed E-state index contributed by atoms with van der Waals surface area (Å²) in [6.45, 7) is 12.6. The van der Waals surface area contributed by atoms with Crippen LogP contribution in [-0.2, 0) is 43.5 Å². The van der Waals surface area contributed by atoms with Gasteiger partial charge in [-0.25, -0.2) is 23.8 Å². The molecule has 14 nitrogen and oxygen atoms in total. The van der Waals surface area contributed by atoms with Gasteiger partial charge in [0.05, 0.1) is 61.4 Å². The minimum absolute atomic E-state index is 0.167. The zero-order valence-electron chi connectivity index (χ0n) is 30.1. The normalized spacial score (nSPS) is 13.4. The van der Waals surface area contributed by atoms with Gasteiger partial charge in [0.2, 0.25) is 0 Å².